The Hall–Kier alpha value is -1.24. The molecule has 5 atom stereocenters. The molecular formula is C19H24O. The second-order valence-electron chi connectivity index (χ2n) is 7.10. The van der Waals surface area contributed by atoms with Gasteiger partial charge >= 0.3 is 0 Å². The molecule has 106 valence electrons. The zero-order chi connectivity index (χ0) is 13.9. The van der Waals surface area contributed by atoms with Crippen molar-refractivity contribution in [2.24, 2.45) is 23.7 Å². The molecule has 1 N–H and O–H groups in total. The number of aromatic hydroxyl groups is 1. The zero-order valence-corrected chi connectivity index (χ0v) is 12.5. The second-order valence-corrected chi connectivity index (χ2v) is 7.10. The summed E-state index contributed by atoms with van der Waals surface area (Å²) < 4.78 is 0. The number of hydrogen-bond donors (Lipinski definition) is 1. The minimum absolute atomic E-state index is 0.536. The summed E-state index contributed by atoms with van der Waals surface area (Å²) in [7, 11) is 0. The van der Waals surface area contributed by atoms with Gasteiger partial charge in [0.1, 0.15) is 5.75 Å². The molecule has 0 aliphatic heterocycles. The van der Waals surface area contributed by atoms with E-state index in [1.807, 2.05) is 6.07 Å². The summed E-state index contributed by atoms with van der Waals surface area (Å²) in [5, 5.41) is 10.3. The molecule has 3 aliphatic carbocycles. The van der Waals surface area contributed by atoms with Crippen LogP contribution in [-0.4, -0.2) is 5.11 Å². The fourth-order valence-electron chi connectivity index (χ4n) is 4.83. The van der Waals surface area contributed by atoms with Crippen LogP contribution in [0.15, 0.2) is 24.3 Å². The van der Waals surface area contributed by atoms with E-state index in [1.165, 1.54) is 29.5 Å². The fraction of sp³-hybridized carbons (Fsp3) is 0.579. The van der Waals surface area contributed by atoms with Crippen molar-refractivity contribution in [3.8, 4) is 5.75 Å². The van der Waals surface area contributed by atoms with E-state index in [-0.39, 0.29) is 0 Å². The molecule has 1 saturated carbocycles. The molecule has 1 nitrogen and oxygen atoms in total. The highest BCUT2D eigenvalue weighted by Gasteiger charge is 2.48. The molecule has 1 aromatic rings. The van der Waals surface area contributed by atoms with Gasteiger partial charge in [0.25, 0.3) is 0 Å². The highest BCUT2D eigenvalue weighted by molar-refractivity contribution is 5.51. The van der Waals surface area contributed by atoms with Gasteiger partial charge in [0.2, 0.25) is 0 Å². The van der Waals surface area contributed by atoms with E-state index >= 15 is 0 Å². The van der Waals surface area contributed by atoms with Crippen LogP contribution in [0.2, 0.25) is 0 Å². The van der Waals surface area contributed by atoms with Crippen LogP contribution in [0, 0.1) is 23.7 Å². The average molecular weight is 268 g/mol. The van der Waals surface area contributed by atoms with Gasteiger partial charge in [0.05, 0.1) is 0 Å². The average Bonchev–Trinajstić information content (AvgIpc) is 3.04. The van der Waals surface area contributed by atoms with Crippen molar-refractivity contribution in [1.29, 1.82) is 0 Å². The van der Waals surface area contributed by atoms with Gasteiger partial charge in [-0.25, -0.2) is 0 Å². The van der Waals surface area contributed by atoms with E-state index in [4.69, 9.17) is 0 Å². The van der Waals surface area contributed by atoms with Crippen molar-refractivity contribution >= 4 is 0 Å². The van der Waals surface area contributed by atoms with Crippen molar-refractivity contribution in [3.05, 3.63) is 41.0 Å². The third-order valence-corrected chi connectivity index (χ3v) is 5.99. The van der Waals surface area contributed by atoms with Crippen molar-refractivity contribution in [2.75, 3.05) is 0 Å². The van der Waals surface area contributed by atoms with Crippen LogP contribution in [0.1, 0.15) is 49.3 Å². The zero-order valence-electron chi connectivity index (χ0n) is 12.5. The monoisotopic (exact) mass is 268 g/mol. The van der Waals surface area contributed by atoms with Crippen LogP contribution >= 0.6 is 0 Å². The Morgan fingerprint density at radius 3 is 2.80 bits per heavy atom. The standard InChI is InChI=1S/C19H24O/c1-3-12-7-8-17(20)16-10-13-5-4-6-14(15-9-11(15)2)19(13)18(12)16/h4,6-8,11,13-15,19-20H,3,5,9-10H2,1-2H3/t11-,13?,14?,15?,19?/m1/s1. The molecule has 0 heterocycles. The largest absolute Gasteiger partial charge is 0.508 e. The number of aryl methyl sites for hydroxylation is 1. The first kappa shape index (κ1) is 12.5. The lowest BCUT2D eigenvalue weighted by molar-refractivity contribution is 0.322. The van der Waals surface area contributed by atoms with Crippen molar-refractivity contribution < 1.29 is 5.11 Å². The molecule has 0 bridgehead atoms. The summed E-state index contributed by atoms with van der Waals surface area (Å²) in [4.78, 5) is 0. The third kappa shape index (κ3) is 1.68. The van der Waals surface area contributed by atoms with Crippen LogP contribution in [0.25, 0.3) is 0 Å². The van der Waals surface area contributed by atoms with E-state index in [2.05, 4.69) is 32.1 Å². The molecule has 4 rings (SSSR count). The molecule has 4 unspecified atom stereocenters. The maximum atomic E-state index is 10.3. The van der Waals surface area contributed by atoms with Gasteiger partial charge in [0.15, 0.2) is 0 Å². The van der Waals surface area contributed by atoms with Crippen LogP contribution < -0.4 is 0 Å². The molecule has 0 amide bonds. The fourth-order valence-corrected chi connectivity index (χ4v) is 4.83. The van der Waals surface area contributed by atoms with Gasteiger partial charge in [-0.15, -0.1) is 0 Å². The molecule has 3 aliphatic rings. The lowest BCUT2D eigenvalue weighted by Crippen LogP contribution is -2.22. The van der Waals surface area contributed by atoms with Crippen LogP contribution in [0.5, 0.6) is 5.75 Å². The molecule has 0 radical (unpaired) electrons. The lowest BCUT2D eigenvalue weighted by atomic mass is 9.72. The molecule has 0 aromatic heterocycles. The summed E-state index contributed by atoms with van der Waals surface area (Å²) in [6, 6.07) is 4.07. The molecule has 1 aromatic carbocycles. The van der Waals surface area contributed by atoms with Gasteiger partial charge in [-0.2, -0.15) is 0 Å². The molecule has 20 heavy (non-hydrogen) atoms. The van der Waals surface area contributed by atoms with Crippen LogP contribution in [0.3, 0.4) is 0 Å². The number of allylic oxidation sites excluding steroid dienone is 2. The first-order valence-electron chi connectivity index (χ1n) is 8.21. The Bertz CT molecular complexity index is 571. The molecular weight excluding hydrogens is 244 g/mol. The van der Waals surface area contributed by atoms with E-state index in [0.29, 0.717) is 11.7 Å². The van der Waals surface area contributed by atoms with Crippen molar-refractivity contribution in [3.63, 3.8) is 0 Å². The lowest BCUT2D eigenvalue weighted by Gasteiger charge is -2.32. The number of fused-ring (bicyclic) bond motifs is 3. The Balaban J connectivity index is 1.81. The van der Waals surface area contributed by atoms with Gasteiger partial charge in [-0.3, -0.25) is 0 Å². The maximum absolute atomic E-state index is 10.3. The van der Waals surface area contributed by atoms with Crippen LogP contribution in [-0.2, 0) is 12.8 Å². The topological polar surface area (TPSA) is 20.2 Å². The van der Waals surface area contributed by atoms with Crippen molar-refractivity contribution in [1.82, 2.24) is 0 Å². The summed E-state index contributed by atoms with van der Waals surface area (Å²) in [6.45, 7) is 4.63. The summed E-state index contributed by atoms with van der Waals surface area (Å²) >= 11 is 0. The Morgan fingerprint density at radius 2 is 2.10 bits per heavy atom. The molecule has 1 heteroatoms. The van der Waals surface area contributed by atoms with E-state index < -0.39 is 0 Å². The number of rotatable bonds is 2. The van der Waals surface area contributed by atoms with Gasteiger partial charge < -0.3 is 5.11 Å². The van der Waals surface area contributed by atoms with Crippen LogP contribution in [0.4, 0.5) is 0 Å². The smallest absolute Gasteiger partial charge is 0.119 e. The Kier molecular flexibility index (Phi) is 2.73. The van der Waals surface area contributed by atoms with E-state index in [0.717, 1.165) is 36.5 Å². The minimum atomic E-state index is 0.536. The normalized spacial score (nSPS) is 37.6. The highest BCUT2D eigenvalue weighted by Crippen LogP contribution is 2.58. The predicted octanol–water partition coefficient (Wildman–Crippen LogP) is 4.44. The first-order chi connectivity index (χ1) is 9.70. The Labute approximate surface area is 121 Å². The number of phenols is 1. The summed E-state index contributed by atoms with van der Waals surface area (Å²) in [5.41, 5.74) is 4.26. The van der Waals surface area contributed by atoms with Gasteiger partial charge in [0, 0.05) is 0 Å². The summed E-state index contributed by atoms with van der Waals surface area (Å²) in [6.07, 6.45) is 9.66. The van der Waals surface area contributed by atoms with E-state index in [1.54, 1.807) is 0 Å². The molecule has 0 spiro atoms. The minimum Gasteiger partial charge on any atom is -0.508 e. The molecule has 1 fully saturated rings. The van der Waals surface area contributed by atoms with Crippen molar-refractivity contribution in [2.45, 2.75) is 45.4 Å². The van der Waals surface area contributed by atoms with Gasteiger partial charge in [-0.05, 0) is 78.0 Å². The number of benzene rings is 1. The second kappa shape index (κ2) is 4.38. The van der Waals surface area contributed by atoms with Gasteiger partial charge in [-0.1, -0.05) is 32.1 Å². The number of hydrogen-bond acceptors (Lipinski definition) is 1. The quantitative estimate of drug-likeness (QED) is 0.786. The third-order valence-electron chi connectivity index (χ3n) is 5.99. The van der Waals surface area contributed by atoms with E-state index in [9.17, 15) is 5.11 Å². The summed E-state index contributed by atoms with van der Waals surface area (Å²) in [5.74, 6) is 4.44. The Morgan fingerprint density at radius 1 is 1.30 bits per heavy atom. The SMILES string of the molecule is CCc1ccc(O)c2c1C1C(CC=CC1C1C[C@H]1C)C2. The highest BCUT2D eigenvalue weighted by atomic mass is 16.3. The predicted molar refractivity (Wildman–Crippen MR) is 81.9 cm³/mol. The maximum Gasteiger partial charge on any atom is 0.119 e. The first-order valence-corrected chi connectivity index (χ1v) is 8.21. The molecule has 0 saturated heterocycles. The number of phenolic OH excluding ortho intramolecular Hbond substituents is 1.